The molecule has 0 amide bonds. The van der Waals surface area contributed by atoms with Gasteiger partial charge in [-0.1, -0.05) is 0 Å². The van der Waals surface area contributed by atoms with E-state index in [9.17, 15) is 15.3 Å². The summed E-state index contributed by atoms with van der Waals surface area (Å²) in [6.07, 6.45) is -2.11. The molecule has 0 aromatic carbocycles. The van der Waals surface area contributed by atoms with Gasteiger partial charge >= 0.3 is 0 Å². The van der Waals surface area contributed by atoms with Crippen molar-refractivity contribution in [3.8, 4) is 0 Å². The van der Waals surface area contributed by atoms with Crippen molar-refractivity contribution < 1.29 is 15.3 Å². The van der Waals surface area contributed by atoms with Crippen molar-refractivity contribution in [3.63, 3.8) is 0 Å². The molecular formula is C9H18Cl3NO3. The highest BCUT2D eigenvalue weighted by Gasteiger charge is 2.17. The fourth-order valence-electron chi connectivity index (χ4n) is 1.26. The van der Waals surface area contributed by atoms with Crippen LogP contribution in [0, 0.1) is 0 Å². The van der Waals surface area contributed by atoms with Gasteiger partial charge < -0.3 is 15.3 Å². The number of hydrogen-bond acceptors (Lipinski definition) is 4. The number of alkyl halides is 3. The summed E-state index contributed by atoms with van der Waals surface area (Å²) in [6, 6.07) is 0. The van der Waals surface area contributed by atoms with E-state index in [1.165, 1.54) is 0 Å². The minimum atomic E-state index is -0.702. The predicted octanol–water partition coefficient (Wildman–Crippen LogP) is 0.0875. The van der Waals surface area contributed by atoms with Crippen molar-refractivity contribution in [2.24, 2.45) is 0 Å². The molecule has 0 saturated heterocycles. The molecule has 0 unspecified atom stereocenters. The van der Waals surface area contributed by atoms with E-state index >= 15 is 0 Å². The van der Waals surface area contributed by atoms with Crippen molar-refractivity contribution in [1.82, 2.24) is 4.90 Å². The van der Waals surface area contributed by atoms with Crippen molar-refractivity contribution in [1.29, 1.82) is 0 Å². The first-order valence-electron chi connectivity index (χ1n) is 4.97. The number of aliphatic hydroxyl groups is 3. The van der Waals surface area contributed by atoms with Crippen LogP contribution in [-0.4, -0.2) is 75.8 Å². The molecule has 0 bridgehead atoms. The van der Waals surface area contributed by atoms with E-state index in [1.54, 1.807) is 4.90 Å². The van der Waals surface area contributed by atoms with E-state index in [0.29, 0.717) is 0 Å². The number of nitrogens with zero attached hydrogens (tertiary/aromatic N) is 1. The third kappa shape index (κ3) is 7.90. The molecule has 0 saturated carbocycles. The molecule has 0 aliphatic rings. The van der Waals surface area contributed by atoms with Crippen LogP contribution < -0.4 is 0 Å². The molecule has 0 rings (SSSR count). The van der Waals surface area contributed by atoms with E-state index in [2.05, 4.69) is 0 Å². The third-order valence-corrected chi connectivity index (χ3v) is 3.01. The van der Waals surface area contributed by atoms with Crippen molar-refractivity contribution >= 4 is 34.8 Å². The second kappa shape index (κ2) is 9.71. The van der Waals surface area contributed by atoms with Gasteiger partial charge in [0.1, 0.15) is 0 Å². The molecule has 4 nitrogen and oxygen atoms in total. The molecule has 0 aromatic heterocycles. The molecule has 0 spiro atoms. The largest absolute Gasteiger partial charge is 0.391 e. The summed E-state index contributed by atoms with van der Waals surface area (Å²) >= 11 is 16.4. The fraction of sp³-hybridized carbons (Fsp3) is 1.00. The van der Waals surface area contributed by atoms with Gasteiger partial charge in [-0.15, -0.1) is 34.8 Å². The number of halogens is 3. The molecular weight excluding hydrogens is 276 g/mol. The lowest BCUT2D eigenvalue weighted by Gasteiger charge is -2.27. The van der Waals surface area contributed by atoms with Crippen molar-refractivity contribution in [3.05, 3.63) is 0 Å². The summed E-state index contributed by atoms with van der Waals surface area (Å²) < 4.78 is 0. The lowest BCUT2D eigenvalue weighted by atomic mass is 10.2. The summed E-state index contributed by atoms with van der Waals surface area (Å²) in [5, 5.41) is 28.2. The highest BCUT2D eigenvalue weighted by Crippen LogP contribution is 2.02. The second-order valence-electron chi connectivity index (χ2n) is 3.64. The minimum Gasteiger partial charge on any atom is -0.391 e. The Morgan fingerprint density at radius 2 is 0.938 bits per heavy atom. The molecule has 3 N–H and O–H groups in total. The Hall–Kier alpha value is 0.710. The molecule has 0 heterocycles. The standard InChI is InChI=1S/C9H18Cl3NO3/c10-1-7(14)4-13(5-8(15)2-11)6-9(16)3-12/h7-9,14-16H,1-6H2/t7-,8-,9+/m1/s1. The first kappa shape index (κ1) is 16.7. The molecule has 3 atom stereocenters. The lowest BCUT2D eigenvalue weighted by Crippen LogP contribution is -2.43. The Morgan fingerprint density at radius 1 is 0.688 bits per heavy atom. The van der Waals surface area contributed by atoms with Crippen LogP contribution >= 0.6 is 34.8 Å². The molecule has 7 heteroatoms. The highest BCUT2D eigenvalue weighted by molar-refractivity contribution is 6.18. The van der Waals surface area contributed by atoms with Gasteiger partial charge in [-0.3, -0.25) is 4.90 Å². The van der Waals surface area contributed by atoms with E-state index in [4.69, 9.17) is 34.8 Å². The average Bonchev–Trinajstić information content (AvgIpc) is 2.28. The van der Waals surface area contributed by atoms with Gasteiger partial charge in [0.2, 0.25) is 0 Å². The fourth-order valence-corrected chi connectivity index (χ4v) is 1.56. The van der Waals surface area contributed by atoms with Gasteiger partial charge in [0.15, 0.2) is 0 Å². The summed E-state index contributed by atoms with van der Waals surface area (Å²) in [4.78, 5) is 1.69. The summed E-state index contributed by atoms with van der Waals surface area (Å²) in [5.74, 6) is 0.305. The Balaban J connectivity index is 4.15. The van der Waals surface area contributed by atoms with E-state index in [-0.39, 0.29) is 37.3 Å². The normalized spacial score (nSPS) is 17.4. The maximum Gasteiger partial charge on any atom is 0.0802 e. The van der Waals surface area contributed by atoms with Crippen LogP contribution in [0.5, 0.6) is 0 Å². The highest BCUT2D eigenvalue weighted by atomic mass is 35.5. The predicted molar refractivity (Wildman–Crippen MR) is 66.6 cm³/mol. The molecule has 0 aliphatic carbocycles. The van der Waals surface area contributed by atoms with Crippen LogP contribution in [0.1, 0.15) is 0 Å². The van der Waals surface area contributed by atoms with Crippen LogP contribution in [0.15, 0.2) is 0 Å². The number of rotatable bonds is 9. The Morgan fingerprint density at radius 3 is 1.12 bits per heavy atom. The van der Waals surface area contributed by atoms with Crippen molar-refractivity contribution in [2.45, 2.75) is 18.3 Å². The van der Waals surface area contributed by atoms with E-state index < -0.39 is 18.3 Å². The average molecular weight is 295 g/mol. The monoisotopic (exact) mass is 293 g/mol. The van der Waals surface area contributed by atoms with Crippen molar-refractivity contribution in [2.75, 3.05) is 37.3 Å². The SMILES string of the molecule is O[C@H](CCl)CN(C[C@H](O)CCl)C[C@@H](O)CCl. The first-order valence-corrected chi connectivity index (χ1v) is 6.58. The first-order chi connectivity index (χ1) is 7.53. The van der Waals surface area contributed by atoms with Crippen LogP contribution in [0.4, 0.5) is 0 Å². The van der Waals surface area contributed by atoms with Gasteiger partial charge in [-0.05, 0) is 0 Å². The third-order valence-electron chi connectivity index (χ3n) is 1.94. The van der Waals surface area contributed by atoms with Gasteiger partial charge in [-0.25, -0.2) is 0 Å². The summed E-state index contributed by atoms with van der Waals surface area (Å²) in [6.45, 7) is 0.808. The van der Waals surface area contributed by atoms with Gasteiger partial charge in [0, 0.05) is 37.3 Å². The molecule has 0 aliphatic heterocycles. The van der Waals surface area contributed by atoms with Gasteiger partial charge in [-0.2, -0.15) is 0 Å². The zero-order valence-electron chi connectivity index (χ0n) is 8.90. The summed E-state index contributed by atoms with van der Waals surface area (Å²) in [7, 11) is 0. The number of aliphatic hydroxyl groups excluding tert-OH is 3. The topological polar surface area (TPSA) is 63.9 Å². The number of hydrogen-bond donors (Lipinski definition) is 3. The molecule has 98 valence electrons. The Kier molecular flexibility index (Phi) is 10.1. The maximum atomic E-state index is 9.40. The lowest BCUT2D eigenvalue weighted by molar-refractivity contribution is 0.0556. The smallest absolute Gasteiger partial charge is 0.0802 e. The van der Waals surface area contributed by atoms with Crippen LogP contribution in [0.3, 0.4) is 0 Å². The zero-order chi connectivity index (χ0) is 12.6. The molecule has 16 heavy (non-hydrogen) atoms. The molecule has 0 aromatic rings. The van der Waals surface area contributed by atoms with E-state index in [1.807, 2.05) is 0 Å². The van der Waals surface area contributed by atoms with Gasteiger partial charge in [0.25, 0.3) is 0 Å². The maximum absolute atomic E-state index is 9.40. The van der Waals surface area contributed by atoms with Crippen LogP contribution in [0.25, 0.3) is 0 Å². The summed E-state index contributed by atoms with van der Waals surface area (Å²) in [5.41, 5.74) is 0. The van der Waals surface area contributed by atoms with E-state index in [0.717, 1.165) is 0 Å². The zero-order valence-corrected chi connectivity index (χ0v) is 11.2. The van der Waals surface area contributed by atoms with Crippen LogP contribution in [-0.2, 0) is 0 Å². The molecule has 0 fully saturated rings. The van der Waals surface area contributed by atoms with Gasteiger partial charge in [0.05, 0.1) is 18.3 Å². The Bertz CT molecular complexity index is 148. The quantitative estimate of drug-likeness (QED) is 0.527. The van der Waals surface area contributed by atoms with Crippen LogP contribution in [0.2, 0.25) is 0 Å². The Labute approximate surface area is 111 Å². The molecule has 0 radical (unpaired) electrons. The minimum absolute atomic E-state index is 0.102. The second-order valence-corrected chi connectivity index (χ2v) is 4.57.